The van der Waals surface area contributed by atoms with Crippen molar-refractivity contribution in [2.45, 2.75) is 45.3 Å². The fourth-order valence-corrected chi connectivity index (χ4v) is 6.59. The third kappa shape index (κ3) is 5.18. The largest absolute Gasteiger partial charge is 0.496 e. The van der Waals surface area contributed by atoms with Gasteiger partial charge < -0.3 is 24.7 Å². The first-order valence-electron chi connectivity index (χ1n) is 13.5. The van der Waals surface area contributed by atoms with Crippen LogP contribution in [-0.4, -0.2) is 71.2 Å². The van der Waals surface area contributed by atoms with Crippen molar-refractivity contribution in [2.24, 2.45) is 12.8 Å². The first kappa shape index (κ1) is 28.1. The Bertz CT molecular complexity index is 1470. The number of thiazole rings is 1. The van der Waals surface area contributed by atoms with Gasteiger partial charge in [0.25, 0.3) is 5.56 Å². The van der Waals surface area contributed by atoms with Gasteiger partial charge in [0.1, 0.15) is 16.5 Å². The summed E-state index contributed by atoms with van der Waals surface area (Å²) in [5, 5.41) is 2.74. The molecule has 0 radical (unpaired) electrons. The SMILES string of the molecule is COc1cc(-c2cn(C)c(=O)c(C)c2C)cc(OC)c1CN1CC2CC1CN2C(=O)/C(=C/c1nccs1)CCN. The molecule has 2 unspecified atom stereocenters. The zero-order valence-electron chi connectivity index (χ0n) is 23.8. The predicted molar refractivity (Wildman–Crippen MR) is 158 cm³/mol. The van der Waals surface area contributed by atoms with E-state index in [1.807, 2.05) is 48.5 Å². The lowest BCUT2D eigenvalue weighted by Crippen LogP contribution is -2.48. The number of hydrogen-bond donors (Lipinski definition) is 1. The molecule has 5 rings (SSSR count). The van der Waals surface area contributed by atoms with Gasteiger partial charge in [-0.25, -0.2) is 4.98 Å². The van der Waals surface area contributed by atoms with Crippen LogP contribution in [0.5, 0.6) is 11.5 Å². The van der Waals surface area contributed by atoms with E-state index < -0.39 is 0 Å². The van der Waals surface area contributed by atoms with Crippen molar-refractivity contribution in [1.29, 1.82) is 0 Å². The zero-order valence-corrected chi connectivity index (χ0v) is 24.6. The molecule has 0 spiro atoms. The Hall–Kier alpha value is -3.47. The van der Waals surface area contributed by atoms with Crippen LogP contribution in [0.2, 0.25) is 0 Å². The Morgan fingerprint density at radius 3 is 2.45 bits per heavy atom. The molecule has 2 aliphatic rings. The fraction of sp³-hybridized carbons (Fsp3) is 0.433. The molecule has 2 aromatic heterocycles. The summed E-state index contributed by atoms with van der Waals surface area (Å²) >= 11 is 1.52. The van der Waals surface area contributed by atoms with Crippen LogP contribution < -0.4 is 20.8 Å². The quantitative estimate of drug-likeness (QED) is 0.398. The molecule has 0 aliphatic carbocycles. The predicted octanol–water partition coefficient (Wildman–Crippen LogP) is 3.36. The number of nitrogens with two attached hydrogens (primary N) is 1. The van der Waals surface area contributed by atoms with E-state index in [1.165, 1.54) is 11.3 Å². The van der Waals surface area contributed by atoms with Crippen molar-refractivity contribution in [2.75, 3.05) is 33.9 Å². The van der Waals surface area contributed by atoms with Gasteiger partial charge in [-0.3, -0.25) is 14.5 Å². The van der Waals surface area contributed by atoms with Crippen LogP contribution in [0.1, 0.15) is 34.5 Å². The number of likely N-dealkylation sites (tertiary alicyclic amines) is 2. The molecule has 10 heteroatoms. The summed E-state index contributed by atoms with van der Waals surface area (Å²) in [6.07, 6.45) is 6.97. The molecule has 1 amide bonds. The molecule has 212 valence electrons. The van der Waals surface area contributed by atoms with Crippen molar-refractivity contribution in [3.63, 3.8) is 0 Å². The summed E-state index contributed by atoms with van der Waals surface area (Å²) in [5.41, 5.74) is 11.1. The maximum atomic E-state index is 13.5. The fourth-order valence-electron chi connectivity index (χ4n) is 5.99. The van der Waals surface area contributed by atoms with E-state index in [9.17, 15) is 9.59 Å². The molecule has 0 saturated carbocycles. The molecule has 2 aliphatic heterocycles. The van der Waals surface area contributed by atoms with Crippen LogP contribution in [0.4, 0.5) is 0 Å². The van der Waals surface area contributed by atoms with E-state index in [4.69, 9.17) is 15.2 Å². The number of carbonyl (C=O) groups excluding carboxylic acids is 1. The third-order valence-corrected chi connectivity index (χ3v) is 8.99. The summed E-state index contributed by atoms with van der Waals surface area (Å²) in [6, 6.07) is 4.46. The first-order chi connectivity index (χ1) is 19.2. The Labute approximate surface area is 238 Å². The minimum absolute atomic E-state index is 0.00207. The lowest BCUT2D eigenvalue weighted by Gasteiger charge is -2.35. The van der Waals surface area contributed by atoms with Crippen molar-refractivity contribution < 1.29 is 14.3 Å². The lowest BCUT2D eigenvalue weighted by atomic mass is 9.97. The van der Waals surface area contributed by atoms with Gasteiger partial charge in [0.2, 0.25) is 5.91 Å². The van der Waals surface area contributed by atoms with Gasteiger partial charge >= 0.3 is 0 Å². The van der Waals surface area contributed by atoms with E-state index in [0.29, 0.717) is 26.1 Å². The molecular formula is C30H37N5O4S. The molecular weight excluding hydrogens is 526 g/mol. The van der Waals surface area contributed by atoms with E-state index in [2.05, 4.69) is 9.88 Å². The van der Waals surface area contributed by atoms with Crippen molar-refractivity contribution in [3.8, 4) is 22.6 Å². The van der Waals surface area contributed by atoms with Crippen LogP contribution >= 0.6 is 11.3 Å². The van der Waals surface area contributed by atoms with Crippen LogP contribution in [0.25, 0.3) is 17.2 Å². The highest BCUT2D eigenvalue weighted by atomic mass is 32.1. The highest BCUT2D eigenvalue weighted by molar-refractivity contribution is 7.10. The summed E-state index contributed by atoms with van der Waals surface area (Å²) in [7, 11) is 5.11. The van der Waals surface area contributed by atoms with Crippen molar-refractivity contribution in [1.82, 2.24) is 19.4 Å². The molecule has 4 heterocycles. The number of amides is 1. The van der Waals surface area contributed by atoms with Crippen molar-refractivity contribution in [3.05, 3.63) is 67.5 Å². The summed E-state index contributed by atoms with van der Waals surface area (Å²) < 4.78 is 13.4. The van der Waals surface area contributed by atoms with Crippen LogP contribution in [0.15, 0.2) is 40.3 Å². The molecule has 40 heavy (non-hydrogen) atoms. The second-order valence-electron chi connectivity index (χ2n) is 10.6. The number of rotatable bonds is 9. The highest BCUT2D eigenvalue weighted by Crippen LogP contribution is 2.40. The summed E-state index contributed by atoms with van der Waals surface area (Å²) in [5.74, 6) is 1.55. The normalized spacial score (nSPS) is 18.9. The Morgan fingerprint density at radius 1 is 1.15 bits per heavy atom. The lowest BCUT2D eigenvalue weighted by molar-refractivity contribution is -0.129. The standard InChI is InChI=1S/C30H37N5O4S/c1-18-19(2)29(36)33(3)16-24(18)21-10-26(38-4)25(27(11-21)39-5)17-34-14-23-13-22(34)15-35(23)30(37)20(6-7-31)12-28-32-8-9-40-28/h8-12,16,22-23H,6-7,13-15,17,31H2,1-5H3/b20-12+. The molecule has 3 aromatic rings. The van der Waals surface area contributed by atoms with E-state index in [0.717, 1.165) is 62.9 Å². The molecule has 2 fully saturated rings. The topological polar surface area (TPSA) is 103 Å². The second-order valence-corrected chi connectivity index (χ2v) is 11.5. The van der Waals surface area contributed by atoms with Crippen LogP contribution in [0.3, 0.4) is 0 Å². The number of methoxy groups -OCH3 is 2. The Morgan fingerprint density at radius 2 is 1.88 bits per heavy atom. The number of aromatic nitrogens is 2. The van der Waals surface area contributed by atoms with E-state index in [1.54, 1.807) is 32.0 Å². The molecule has 2 saturated heterocycles. The number of fused-ring (bicyclic) bond motifs is 2. The number of ether oxygens (including phenoxy) is 2. The van der Waals surface area contributed by atoms with Crippen LogP contribution in [-0.2, 0) is 18.4 Å². The summed E-state index contributed by atoms with van der Waals surface area (Å²) in [4.78, 5) is 34.6. The minimum Gasteiger partial charge on any atom is -0.496 e. The van der Waals surface area contributed by atoms with Gasteiger partial charge in [0.15, 0.2) is 0 Å². The molecule has 2 atom stereocenters. The average molecular weight is 564 g/mol. The van der Waals surface area contributed by atoms with Gasteiger partial charge in [0, 0.05) is 73.2 Å². The van der Waals surface area contributed by atoms with E-state index in [-0.39, 0.29) is 23.6 Å². The number of piperazine rings is 1. The monoisotopic (exact) mass is 563 g/mol. The second kappa shape index (κ2) is 11.6. The van der Waals surface area contributed by atoms with Gasteiger partial charge in [-0.2, -0.15) is 0 Å². The number of carbonyl (C=O) groups is 1. The van der Waals surface area contributed by atoms with E-state index >= 15 is 0 Å². The summed E-state index contributed by atoms with van der Waals surface area (Å²) in [6.45, 7) is 6.38. The van der Waals surface area contributed by atoms with Gasteiger partial charge in [-0.15, -0.1) is 11.3 Å². The number of benzene rings is 1. The van der Waals surface area contributed by atoms with Gasteiger partial charge in [-0.1, -0.05) is 0 Å². The highest BCUT2D eigenvalue weighted by Gasteiger charge is 2.45. The molecule has 1 aromatic carbocycles. The average Bonchev–Trinajstić information content (AvgIpc) is 3.71. The molecule has 9 nitrogen and oxygen atoms in total. The number of nitrogens with zero attached hydrogens (tertiary/aromatic N) is 4. The van der Waals surface area contributed by atoms with Crippen LogP contribution in [0, 0.1) is 13.8 Å². The maximum Gasteiger partial charge on any atom is 0.253 e. The Kier molecular flexibility index (Phi) is 8.11. The zero-order chi connectivity index (χ0) is 28.6. The maximum absolute atomic E-state index is 13.5. The third-order valence-electron chi connectivity index (χ3n) is 8.26. The molecule has 2 N–H and O–H groups in total. The minimum atomic E-state index is 0.00207. The van der Waals surface area contributed by atoms with Gasteiger partial charge in [0.05, 0.1) is 19.8 Å². The molecule has 2 bridgehead atoms. The first-order valence-corrected chi connectivity index (χ1v) is 14.4. The van der Waals surface area contributed by atoms with Crippen molar-refractivity contribution >= 4 is 23.3 Å². The number of pyridine rings is 1. The smallest absolute Gasteiger partial charge is 0.253 e. The Balaban J connectivity index is 1.37. The number of hydrogen-bond acceptors (Lipinski definition) is 8. The number of aryl methyl sites for hydroxylation is 1. The van der Waals surface area contributed by atoms with Gasteiger partial charge in [-0.05, 0) is 62.6 Å².